The third-order valence-corrected chi connectivity index (χ3v) is 6.81. The molecular formula is C19H38O3S. The molecule has 138 valence electrons. The summed E-state index contributed by atoms with van der Waals surface area (Å²) in [5.41, 5.74) is -0.549. The smallest absolute Gasteiger partial charge is 0.152 e. The van der Waals surface area contributed by atoms with Gasteiger partial charge in [-0.25, -0.2) is 8.42 Å². The molecule has 0 aliphatic rings. The minimum absolute atomic E-state index is 0.0914. The van der Waals surface area contributed by atoms with Gasteiger partial charge in [0.25, 0.3) is 0 Å². The van der Waals surface area contributed by atoms with Crippen LogP contribution in [-0.4, -0.2) is 25.2 Å². The van der Waals surface area contributed by atoms with Crippen molar-refractivity contribution in [2.45, 2.75) is 87.3 Å². The van der Waals surface area contributed by atoms with E-state index < -0.39 is 20.5 Å². The Kier molecular flexibility index (Phi) is 7.13. The molecule has 0 saturated carbocycles. The molecule has 0 spiro atoms. The monoisotopic (exact) mass is 346 g/mol. The van der Waals surface area contributed by atoms with Crippen LogP contribution >= 0.6 is 0 Å². The third kappa shape index (κ3) is 7.82. The summed E-state index contributed by atoms with van der Waals surface area (Å²) in [5.74, 6) is 0.0829. The van der Waals surface area contributed by atoms with Gasteiger partial charge in [0.05, 0.1) is 11.0 Å². The topological polar surface area (TPSA) is 51.2 Å². The average molecular weight is 347 g/mol. The molecule has 0 radical (unpaired) electrons. The van der Waals surface area contributed by atoms with E-state index >= 15 is 0 Å². The molecule has 0 aromatic carbocycles. The standard InChI is InChI=1S/C19H38O3S/c1-14(2)23(21,22)12-15(11-16(20)18(6,7)8)19(9,10)13-17(3,4)5/h14-15H,11-13H2,1-10H3. The van der Waals surface area contributed by atoms with Crippen molar-refractivity contribution in [3.8, 4) is 0 Å². The van der Waals surface area contributed by atoms with Crippen LogP contribution in [0.3, 0.4) is 0 Å². The summed E-state index contributed by atoms with van der Waals surface area (Å²) in [6.07, 6.45) is 1.22. The van der Waals surface area contributed by atoms with Gasteiger partial charge >= 0.3 is 0 Å². The van der Waals surface area contributed by atoms with E-state index in [2.05, 4.69) is 34.6 Å². The number of ketones is 1. The predicted molar refractivity (Wildman–Crippen MR) is 99.3 cm³/mol. The molecule has 0 aromatic heterocycles. The van der Waals surface area contributed by atoms with Gasteiger partial charge in [-0.2, -0.15) is 0 Å². The van der Waals surface area contributed by atoms with Crippen LogP contribution in [0.1, 0.15) is 82.1 Å². The van der Waals surface area contributed by atoms with Crippen LogP contribution in [0.5, 0.6) is 0 Å². The maximum absolute atomic E-state index is 12.5. The number of hydrogen-bond donors (Lipinski definition) is 0. The number of sulfone groups is 1. The van der Waals surface area contributed by atoms with Gasteiger partial charge in [0.2, 0.25) is 0 Å². The summed E-state index contributed by atoms with van der Waals surface area (Å²) in [6, 6.07) is 0. The molecule has 0 bridgehead atoms. The van der Waals surface area contributed by atoms with Crippen molar-refractivity contribution >= 4 is 15.6 Å². The first-order valence-electron chi connectivity index (χ1n) is 8.63. The highest BCUT2D eigenvalue weighted by molar-refractivity contribution is 7.91. The zero-order chi connectivity index (χ0) is 18.9. The second-order valence-electron chi connectivity index (χ2n) is 10.2. The van der Waals surface area contributed by atoms with Crippen molar-refractivity contribution < 1.29 is 13.2 Å². The number of carbonyl (C=O) groups excluding carboxylic acids is 1. The molecule has 0 amide bonds. The molecule has 4 heteroatoms. The summed E-state index contributed by atoms with van der Waals surface area (Å²) in [4.78, 5) is 12.5. The first kappa shape index (κ1) is 22.6. The van der Waals surface area contributed by atoms with Crippen molar-refractivity contribution in [2.75, 3.05) is 5.75 Å². The maximum atomic E-state index is 12.5. The van der Waals surface area contributed by atoms with Crippen LogP contribution in [0.2, 0.25) is 0 Å². The summed E-state index contributed by atoms with van der Waals surface area (Å²) in [6.45, 7) is 19.8. The van der Waals surface area contributed by atoms with Crippen LogP contribution in [0.15, 0.2) is 0 Å². The molecule has 0 fully saturated rings. The average Bonchev–Trinajstić information content (AvgIpc) is 2.22. The summed E-state index contributed by atoms with van der Waals surface area (Å²) in [5, 5.41) is -0.403. The van der Waals surface area contributed by atoms with E-state index in [1.165, 1.54) is 0 Å². The van der Waals surface area contributed by atoms with Gasteiger partial charge in [-0.3, -0.25) is 4.79 Å². The SMILES string of the molecule is CC(C)S(=O)(=O)CC(CC(=O)C(C)(C)C)C(C)(C)CC(C)(C)C. The van der Waals surface area contributed by atoms with E-state index in [-0.39, 0.29) is 28.3 Å². The molecule has 1 atom stereocenters. The summed E-state index contributed by atoms with van der Waals surface area (Å²) in [7, 11) is -3.18. The van der Waals surface area contributed by atoms with E-state index in [0.717, 1.165) is 6.42 Å². The van der Waals surface area contributed by atoms with E-state index in [0.29, 0.717) is 6.42 Å². The van der Waals surface area contributed by atoms with Crippen molar-refractivity contribution in [3.63, 3.8) is 0 Å². The van der Waals surface area contributed by atoms with Gasteiger partial charge in [0.1, 0.15) is 5.78 Å². The number of Topliss-reactive ketones (excluding diaryl/α,β-unsaturated/α-hetero) is 1. The Balaban J connectivity index is 5.59. The fourth-order valence-corrected chi connectivity index (χ4v) is 4.59. The van der Waals surface area contributed by atoms with Crippen molar-refractivity contribution in [1.82, 2.24) is 0 Å². The maximum Gasteiger partial charge on any atom is 0.152 e. The Bertz CT molecular complexity index is 500. The van der Waals surface area contributed by atoms with Gasteiger partial charge < -0.3 is 0 Å². The van der Waals surface area contributed by atoms with Crippen LogP contribution in [0.4, 0.5) is 0 Å². The number of carbonyl (C=O) groups is 1. The lowest BCUT2D eigenvalue weighted by atomic mass is 9.67. The first-order valence-corrected chi connectivity index (χ1v) is 10.3. The fourth-order valence-electron chi connectivity index (χ4n) is 3.07. The lowest BCUT2D eigenvalue weighted by Gasteiger charge is -2.40. The summed E-state index contributed by atoms with van der Waals surface area (Å²) >= 11 is 0. The second kappa shape index (κ2) is 7.25. The molecule has 0 aromatic rings. The lowest BCUT2D eigenvalue weighted by molar-refractivity contribution is -0.128. The highest BCUT2D eigenvalue weighted by Gasteiger charge is 2.39. The quantitative estimate of drug-likeness (QED) is 0.659. The molecular weight excluding hydrogens is 308 g/mol. The molecule has 1 unspecified atom stereocenters. The molecule has 3 nitrogen and oxygen atoms in total. The molecule has 0 saturated heterocycles. The first-order chi connectivity index (χ1) is 9.88. The Morgan fingerprint density at radius 1 is 0.913 bits per heavy atom. The Morgan fingerprint density at radius 3 is 1.65 bits per heavy atom. The normalized spacial score (nSPS) is 15.8. The van der Waals surface area contributed by atoms with Crippen molar-refractivity contribution in [2.24, 2.45) is 22.2 Å². The molecule has 0 aliphatic carbocycles. The minimum Gasteiger partial charge on any atom is -0.299 e. The third-order valence-electron chi connectivity index (χ3n) is 4.51. The Hall–Kier alpha value is -0.380. The molecule has 0 aliphatic heterocycles. The lowest BCUT2D eigenvalue weighted by Crippen LogP contribution is -2.38. The zero-order valence-electron chi connectivity index (χ0n) is 16.9. The molecule has 0 heterocycles. The molecule has 0 N–H and O–H groups in total. The number of rotatable bonds is 7. The van der Waals surface area contributed by atoms with Gasteiger partial charge in [-0.05, 0) is 37.0 Å². The fraction of sp³-hybridized carbons (Fsp3) is 0.947. The van der Waals surface area contributed by atoms with E-state index in [9.17, 15) is 13.2 Å². The molecule has 23 heavy (non-hydrogen) atoms. The van der Waals surface area contributed by atoms with E-state index in [1.54, 1.807) is 13.8 Å². The van der Waals surface area contributed by atoms with Gasteiger partial charge in [-0.15, -0.1) is 0 Å². The van der Waals surface area contributed by atoms with Crippen molar-refractivity contribution in [3.05, 3.63) is 0 Å². The zero-order valence-corrected chi connectivity index (χ0v) is 17.7. The van der Waals surface area contributed by atoms with Crippen molar-refractivity contribution in [1.29, 1.82) is 0 Å². The van der Waals surface area contributed by atoms with Gasteiger partial charge in [-0.1, -0.05) is 55.4 Å². The molecule has 0 rings (SSSR count). The van der Waals surface area contributed by atoms with E-state index in [4.69, 9.17) is 0 Å². The Labute approximate surface area is 144 Å². The second-order valence-corrected chi connectivity index (χ2v) is 12.8. The van der Waals surface area contributed by atoms with E-state index in [1.807, 2.05) is 20.8 Å². The predicted octanol–water partition coefficient (Wildman–Crippen LogP) is 4.89. The van der Waals surface area contributed by atoms with Gasteiger partial charge in [0.15, 0.2) is 9.84 Å². The highest BCUT2D eigenvalue weighted by Crippen LogP contribution is 2.42. The number of hydrogen-bond acceptors (Lipinski definition) is 3. The summed E-state index contributed by atoms with van der Waals surface area (Å²) < 4.78 is 24.9. The van der Waals surface area contributed by atoms with Crippen LogP contribution in [0, 0.1) is 22.2 Å². The van der Waals surface area contributed by atoms with Gasteiger partial charge in [0, 0.05) is 11.8 Å². The van der Waals surface area contributed by atoms with Crippen LogP contribution in [0.25, 0.3) is 0 Å². The minimum atomic E-state index is -3.18. The van der Waals surface area contributed by atoms with Crippen LogP contribution < -0.4 is 0 Å². The Morgan fingerprint density at radius 2 is 1.35 bits per heavy atom. The largest absolute Gasteiger partial charge is 0.299 e. The highest BCUT2D eigenvalue weighted by atomic mass is 32.2. The van der Waals surface area contributed by atoms with Crippen LogP contribution in [-0.2, 0) is 14.6 Å².